The van der Waals surface area contributed by atoms with E-state index in [0.29, 0.717) is 12.2 Å². The van der Waals surface area contributed by atoms with E-state index in [9.17, 15) is 19.5 Å². The number of rotatable bonds is 3. The van der Waals surface area contributed by atoms with E-state index < -0.39 is 17.8 Å². The maximum atomic E-state index is 12.7. The zero-order valence-corrected chi connectivity index (χ0v) is 13.9. The van der Waals surface area contributed by atoms with Crippen molar-refractivity contribution in [2.75, 3.05) is 16.8 Å². The molecule has 1 aromatic rings. The number of aliphatic carboxylic acids is 1. The molecule has 1 aromatic carbocycles. The number of amides is 2. The van der Waals surface area contributed by atoms with Crippen molar-refractivity contribution in [3.63, 3.8) is 0 Å². The maximum absolute atomic E-state index is 12.7. The van der Waals surface area contributed by atoms with E-state index in [1.165, 1.54) is 0 Å². The van der Waals surface area contributed by atoms with Crippen LogP contribution in [0.1, 0.15) is 18.9 Å². The number of carboxylic acid groups (broad SMARTS) is 1. The second-order valence-corrected chi connectivity index (χ2v) is 7.09. The number of benzene rings is 1. The molecular weight excluding hydrogens is 320 g/mol. The molecule has 1 fully saturated rings. The van der Waals surface area contributed by atoms with E-state index in [2.05, 4.69) is 5.32 Å². The number of hydrogen-bond donors (Lipinski definition) is 2. The van der Waals surface area contributed by atoms with Gasteiger partial charge in [-0.2, -0.15) is 0 Å². The molecule has 0 radical (unpaired) electrons. The van der Waals surface area contributed by atoms with Gasteiger partial charge in [0.15, 0.2) is 0 Å². The summed E-state index contributed by atoms with van der Waals surface area (Å²) in [5, 5.41) is 12.4. The smallest absolute Gasteiger partial charge is 0.307 e. The summed E-state index contributed by atoms with van der Waals surface area (Å²) in [4.78, 5) is 37.6. The maximum Gasteiger partial charge on any atom is 0.307 e. The molecule has 1 aliphatic heterocycles. The minimum Gasteiger partial charge on any atom is -0.481 e. The molecule has 6 nitrogen and oxygen atoms in total. The van der Waals surface area contributed by atoms with Crippen LogP contribution in [0.4, 0.5) is 11.4 Å². The van der Waals surface area contributed by atoms with Crippen molar-refractivity contribution in [3.05, 3.63) is 35.9 Å². The van der Waals surface area contributed by atoms with E-state index >= 15 is 0 Å². The molecule has 0 spiro atoms. The third kappa shape index (κ3) is 2.52. The SMILES string of the molecule is CC(=O)N1CCc2cc(NC(=O)C3C4C=CC(C4)C3C(=O)O)ccc21. The Morgan fingerprint density at radius 2 is 1.88 bits per heavy atom. The van der Waals surface area contributed by atoms with E-state index in [-0.39, 0.29) is 23.7 Å². The van der Waals surface area contributed by atoms with Gasteiger partial charge in [0.1, 0.15) is 0 Å². The molecule has 4 atom stereocenters. The van der Waals surface area contributed by atoms with Crippen LogP contribution in [0.15, 0.2) is 30.4 Å². The Kier molecular flexibility index (Phi) is 3.63. The molecule has 2 bridgehead atoms. The minimum atomic E-state index is -0.900. The van der Waals surface area contributed by atoms with Gasteiger partial charge in [-0.1, -0.05) is 12.2 Å². The fourth-order valence-electron chi connectivity index (χ4n) is 4.55. The predicted octanol–water partition coefficient (Wildman–Crippen LogP) is 2.06. The van der Waals surface area contributed by atoms with Gasteiger partial charge in [-0.25, -0.2) is 0 Å². The average molecular weight is 340 g/mol. The highest BCUT2D eigenvalue weighted by Gasteiger charge is 2.51. The third-order valence-corrected chi connectivity index (χ3v) is 5.67. The van der Waals surface area contributed by atoms with Crippen LogP contribution in [0.5, 0.6) is 0 Å². The van der Waals surface area contributed by atoms with Crippen LogP contribution in [0, 0.1) is 23.7 Å². The first-order valence-corrected chi connectivity index (χ1v) is 8.58. The van der Waals surface area contributed by atoms with Crippen LogP contribution in [-0.4, -0.2) is 29.4 Å². The standard InChI is InChI=1S/C19H20N2O4/c1-10(22)21-7-6-11-9-14(4-5-15(11)21)20-18(23)16-12-2-3-13(8-12)17(16)19(24)25/h2-5,9,12-13,16-17H,6-8H2,1H3,(H,20,23)(H,24,25). The number of carbonyl (C=O) groups is 3. The number of carboxylic acids is 1. The van der Waals surface area contributed by atoms with Crippen LogP contribution < -0.4 is 10.2 Å². The lowest BCUT2D eigenvalue weighted by molar-refractivity contribution is -0.146. The van der Waals surface area contributed by atoms with Crippen molar-refractivity contribution < 1.29 is 19.5 Å². The molecule has 2 aliphatic carbocycles. The zero-order valence-electron chi connectivity index (χ0n) is 13.9. The molecule has 0 aromatic heterocycles. The van der Waals surface area contributed by atoms with Crippen LogP contribution in [0.25, 0.3) is 0 Å². The molecule has 2 amide bonds. The Morgan fingerprint density at radius 3 is 2.56 bits per heavy atom. The van der Waals surface area contributed by atoms with Gasteiger partial charge >= 0.3 is 5.97 Å². The largest absolute Gasteiger partial charge is 0.481 e. The minimum absolute atomic E-state index is 0.00797. The Labute approximate surface area is 145 Å². The molecule has 4 rings (SSSR count). The summed E-state index contributed by atoms with van der Waals surface area (Å²) >= 11 is 0. The van der Waals surface area contributed by atoms with Crippen molar-refractivity contribution in [1.29, 1.82) is 0 Å². The molecule has 6 heteroatoms. The molecule has 130 valence electrons. The van der Waals surface area contributed by atoms with Gasteiger partial charge in [0.2, 0.25) is 11.8 Å². The number of nitrogens with one attached hydrogen (secondary N) is 1. The average Bonchev–Trinajstić information content (AvgIpc) is 3.27. The van der Waals surface area contributed by atoms with Crippen LogP contribution in [-0.2, 0) is 20.8 Å². The quantitative estimate of drug-likeness (QED) is 0.825. The summed E-state index contributed by atoms with van der Waals surface area (Å²) < 4.78 is 0. The Bertz CT molecular complexity index is 801. The molecular formula is C19H20N2O4. The zero-order chi connectivity index (χ0) is 17.7. The van der Waals surface area contributed by atoms with E-state index in [4.69, 9.17) is 0 Å². The number of allylic oxidation sites excluding steroid dienone is 2. The number of fused-ring (bicyclic) bond motifs is 3. The van der Waals surface area contributed by atoms with Gasteiger partial charge in [-0.3, -0.25) is 14.4 Å². The molecule has 3 aliphatic rings. The first-order valence-electron chi connectivity index (χ1n) is 8.58. The lowest BCUT2D eigenvalue weighted by atomic mass is 9.82. The lowest BCUT2D eigenvalue weighted by Crippen LogP contribution is -2.36. The summed E-state index contributed by atoms with van der Waals surface area (Å²) in [5.41, 5.74) is 2.57. The Balaban J connectivity index is 1.53. The van der Waals surface area contributed by atoms with E-state index in [1.807, 2.05) is 24.3 Å². The fourth-order valence-corrected chi connectivity index (χ4v) is 4.55. The Hall–Kier alpha value is -2.63. The molecule has 2 N–H and O–H groups in total. The second kappa shape index (κ2) is 5.72. The van der Waals surface area contributed by atoms with E-state index in [1.54, 1.807) is 17.9 Å². The van der Waals surface area contributed by atoms with Crippen molar-refractivity contribution in [3.8, 4) is 0 Å². The van der Waals surface area contributed by atoms with Crippen LogP contribution in [0.3, 0.4) is 0 Å². The monoisotopic (exact) mass is 340 g/mol. The highest BCUT2D eigenvalue weighted by molar-refractivity contribution is 5.98. The third-order valence-electron chi connectivity index (χ3n) is 5.67. The van der Waals surface area contributed by atoms with Gasteiger partial charge in [-0.15, -0.1) is 0 Å². The van der Waals surface area contributed by atoms with Gasteiger partial charge in [0.25, 0.3) is 0 Å². The summed E-state index contributed by atoms with van der Waals surface area (Å²) in [5.74, 6) is -2.31. The number of carbonyl (C=O) groups excluding carboxylic acids is 2. The highest BCUT2D eigenvalue weighted by atomic mass is 16.4. The lowest BCUT2D eigenvalue weighted by Gasteiger charge is -2.24. The summed E-state index contributed by atoms with van der Waals surface area (Å²) in [6, 6.07) is 5.50. The van der Waals surface area contributed by atoms with Gasteiger partial charge in [0.05, 0.1) is 11.8 Å². The summed E-state index contributed by atoms with van der Waals surface area (Å²) in [7, 11) is 0. The molecule has 1 saturated carbocycles. The molecule has 4 unspecified atom stereocenters. The second-order valence-electron chi connectivity index (χ2n) is 7.09. The van der Waals surface area contributed by atoms with Gasteiger partial charge in [-0.05, 0) is 48.4 Å². The first kappa shape index (κ1) is 15.9. The molecule has 1 heterocycles. The first-order chi connectivity index (χ1) is 12.0. The highest BCUT2D eigenvalue weighted by Crippen LogP contribution is 2.48. The van der Waals surface area contributed by atoms with Crippen LogP contribution >= 0.6 is 0 Å². The number of hydrogen-bond acceptors (Lipinski definition) is 3. The summed E-state index contributed by atoms with van der Waals surface area (Å²) in [6.45, 7) is 2.19. The number of nitrogens with zero attached hydrogens (tertiary/aromatic N) is 1. The van der Waals surface area contributed by atoms with Gasteiger partial charge < -0.3 is 15.3 Å². The fraction of sp³-hybridized carbons (Fsp3) is 0.421. The van der Waals surface area contributed by atoms with Crippen molar-refractivity contribution >= 4 is 29.2 Å². The summed E-state index contributed by atoms with van der Waals surface area (Å²) in [6.07, 6.45) is 5.40. The van der Waals surface area contributed by atoms with Crippen molar-refractivity contribution in [2.45, 2.75) is 19.8 Å². The molecule has 25 heavy (non-hydrogen) atoms. The van der Waals surface area contributed by atoms with Crippen molar-refractivity contribution in [2.24, 2.45) is 23.7 Å². The Morgan fingerprint density at radius 1 is 1.16 bits per heavy atom. The molecule has 0 saturated heterocycles. The van der Waals surface area contributed by atoms with Gasteiger partial charge in [0, 0.05) is 24.8 Å². The van der Waals surface area contributed by atoms with E-state index in [0.717, 1.165) is 24.1 Å². The van der Waals surface area contributed by atoms with Crippen molar-refractivity contribution in [1.82, 2.24) is 0 Å². The topological polar surface area (TPSA) is 86.7 Å². The van der Waals surface area contributed by atoms with Crippen LogP contribution in [0.2, 0.25) is 0 Å². The predicted molar refractivity (Wildman–Crippen MR) is 92.2 cm³/mol. The normalized spacial score (nSPS) is 28.9. The number of anilines is 2.